The molecule has 0 amide bonds. The predicted octanol–water partition coefficient (Wildman–Crippen LogP) is 3.33. The molecule has 0 spiro atoms. The average Bonchev–Trinajstić information content (AvgIpc) is 2.46. The van der Waals surface area contributed by atoms with Gasteiger partial charge in [0, 0.05) is 19.3 Å². The van der Waals surface area contributed by atoms with Crippen LogP contribution in [0.5, 0.6) is 0 Å². The molecular formula is C16H25NO. The first-order valence-electron chi connectivity index (χ1n) is 7.25. The third-order valence-corrected chi connectivity index (χ3v) is 3.91. The van der Waals surface area contributed by atoms with E-state index in [-0.39, 0.29) is 0 Å². The van der Waals surface area contributed by atoms with E-state index in [9.17, 15) is 0 Å². The lowest BCUT2D eigenvalue weighted by Gasteiger charge is -2.31. The largest absolute Gasteiger partial charge is 0.381 e. The maximum Gasteiger partial charge on any atom is 0.0469 e. The molecule has 2 rings (SSSR count). The minimum atomic E-state index is 0.491. The van der Waals surface area contributed by atoms with Gasteiger partial charge in [-0.05, 0) is 42.9 Å². The van der Waals surface area contributed by atoms with Gasteiger partial charge in [-0.2, -0.15) is 0 Å². The molecule has 0 saturated carbocycles. The SMILES string of the molecule is CCNC(c1ccc(CC)cc1)C1CCOCC1. The molecular weight excluding hydrogens is 222 g/mol. The Balaban J connectivity index is 2.11. The maximum absolute atomic E-state index is 5.47. The molecule has 2 nitrogen and oxygen atoms in total. The number of ether oxygens (including phenoxy) is 1. The monoisotopic (exact) mass is 247 g/mol. The summed E-state index contributed by atoms with van der Waals surface area (Å²) >= 11 is 0. The molecule has 1 heterocycles. The van der Waals surface area contributed by atoms with Crippen LogP contribution in [-0.2, 0) is 11.2 Å². The highest BCUT2D eigenvalue weighted by atomic mass is 16.5. The van der Waals surface area contributed by atoms with Crippen LogP contribution in [0.1, 0.15) is 43.9 Å². The van der Waals surface area contributed by atoms with E-state index in [0.717, 1.165) is 26.2 Å². The van der Waals surface area contributed by atoms with Crippen LogP contribution in [-0.4, -0.2) is 19.8 Å². The van der Waals surface area contributed by atoms with Crippen LogP contribution in [0.3, 0.4) is 0 Å². The van der Waals surface area contributed by atoms with E-state index in [0.29, 0.717) is 12.0 Å². The summed E-state index contributed by atoms with van der Waals surface area (Å²) in [6.45, 7) is 7.25. The van der Waals surface area contributed by atoms with Crippen LogP contribution >= 0.6 is 0 Å². The zero-order valence-corrected chi connectivity index (χ0v) is 11.6. The van der Waals surface area contributed by atoms with Gasteiger partial charge in [0.05, 0.1) is 0 Å². The fraction of sp³-hybridized carbons (Fsp3) is 0.625. The van der Waals surface area contributed by atoms with Crippen molar-refractivity contribution in [3.8, 4) is 0 Å². The second kappa shape index (κ2) is 6.91. The minimum Gasteiger partial charge on any atom is -0.381 e. The lowest BCUT2D eigenvalue weighted by Crippen LogP contribution is -2.32. The fourth-order valence-electron chi connectivity index (χ4n) is 2.79. The van der Waals surface area contributed by atoms with Gasteiger partial charge in [-0.1, -0.05) is 38.1 Å². The highest BCUT2D eigenvalue weighted by molar-refractivity contribution is 5.25. The third-order valence-electron chi connectivity index (χ3n) is 3.91. The molecule has 1 aromatic carbocycles. The van der Waals surface area contributed by atoms with Gasteiger partial charge < -0.3 is 10.1 Å². The number of hydrogen-bond donors (Lipinski definition) is 1. The summed E-state index contributed by atoms with van der Waals surface area (Å²) in [5, 5.41) is 3.65. The van der Waals surface area contributed by atoms with Gasteiger partial charge in [-0.25, -0.2) is 0 Å². The highest BCUT2D eigenvalue weighted by Crippen LogP contribution is 2.30. The maximum atomic E-state index is 5.47. The summed E-state index contributed by atoms with van der Waals surface area (Å²) in [7, 11) is 0. The zero-order chi connectivity index (χ0) is 12.8. The lowest BCUT2D eigenvalue weighted by atomic mass is 9.86. The van der Waals surface area contributed by atoms with Crippen molar-refractivity contribution in [2.24, 2.45) is 5.92 Å². The van der Waals surface area contributed by atoms with Crippen molar-refractivity contribution in [3.63, 3.8) is 0 Å². The molecule has 1 saturated heterocycles. The molecule has 1 aliphatic rings. The summed E-state index contributed by atoms with van der Waals surface area (Å²) < 4.78 is 5.47. The number of hydrogen-bond acceptors (Lipinski definition) is 2. The second-order valence-corrected chi connectivity index (χ2v) is 5.08. The Hall–Kier alpha value is -0.860. The molecule has 0 radical (unpaired) electrons. The molecule has 1 aromatic rings. The van der Waals surface area contributed by atoms with E-state index in [2.05, 4.69) is 43.4 Å². The van der Waals surface area contributed by atoms with Crippen molar-refractivity contribution < 1.29 is 4.74 Å². The number of benzene rings is 1. The van der Waals surface area contributed by atoms with Gasteiger partial charge >= 0.3 is 0 Å². The lowest BCUT2D eigenvalue weighted by molar-refractivity contribution is 0.0538. The Bertz CT molecular complexity index is 341. The first-order chi connectivity index (χ1) is 8.85. The van der Waals surface area contributed by atoms with Crippen LogP contribution in [0.15, 0.2) is 24.3 Å². The van der Waals surface area contributed by atoms with Crippen LogP contribution in [0, 0.1) is 5.92 Å². The summed E-state index contributed by atoms with van der Waals surface area (Å²) in [5.74, 6) is 0.714. The van der Waals surface area contributed by atoms with Gasteiger partial charge in [0.1, 0.15) is 0 Å². The minimum absolute atomic E-state index is 0.491. The van der Waals surface area contributed by atoms with Crippen molar-refractivity contribution in [1.82, 2.24) is 5.32 Å². The quantitative estimate of drug-likeness (QED) is 0.861. The van der Waals surface area contributed by atoms with Crippen molar-refractivity contribution in [3.05, 3.63) is 35.4 Å². The summed E-state index contributed by atoms with van der Waals surface area (Å²) in [6, 6.07) is 9.60. The van der Waals surface area contributed by atoms with Gasteiger partial charge in [0.25, 0.3) is 0 Å². The molecule has 1 aliphatic heterocycles. The predicted molar refractivity (Wildman–Crippen MR) is 75.8 cm³/mol. The van der Waals surface area contributed by atoms with Crippen LogP contribution in [0.25, 0.3) is 0 Å². The normalized spacial score (nSPS) is 18.8. The molecule has 0 bridgehead atoms. The average molecular weight is 247 g/mol. The van der Waals surface area contributed by atoms with Crippen molar-refractivity contribution in [2.75, 3.05) is 19.8 Å². The van der Waals surface area contributed by atoms with Crippen LogP contribution in [0.2, 0.25) is 0 Å². The number of rotatable bonds is 5. The van der Waals surface area contributed by atoms with Crippen LogP contribution < -0.4 is 5.32 Å². The van der Waals surface area contributed by atoms with Crippen molar-refractivity contribution >= 4 is 0 Å². The van der Waals surface area contributed by atoms with E-state index < -0.39 is 0 Å². The Morgan fingerprint density at radius 3 is 2.39 bits per heavy atom. The van der Waals surface area contributed by atoms with Gasteiger partial charge in [0.2, 0.25) is 0 Å². The zero-order valence-electron chi connectivity index (χ0n) is 11.6. The van der Waals surface area contributed by atoms with E-state index in [4.69, 9.17) is 4.74 Å². The van der Waals surface area contributed by atoms with E-state index in [1.165, 1.54) is 24.0 Å². The van der Waals surface area contributed by atoms with Crippen molar-refractivity contribution in [2.45, 2.75) is 39.2 Å². The Kier molecular flexibility index (Phi) is 5.21. The van der Waals surface area contributed by atoms with Gasteiger partial charge in [0.15, 0.2) is 0 Å². The number of aryl methyl sites for hydroxylation is 1. The summed E-state index contributed by atoms with van der Waals surface area (Å²) in [6.07, 6.45) is 3.46. The van der Waals surface area contributed by atoms with Gasteiger partial charge in [-0.15, -0.1) is 0 Å². The third kappa shape index (κ3) is 3.33. The summed E-state index contributed by atoms with van der Waals surface area (Å²) in [4.78, 5) is 0. The molecule has 0 aromatic heterocycles. The molecule has 1 unspecified atom stereocenters. The molecule has 1 fully saturated rings. The standard InChI is InChI=1S/C16H25NO/c1-3-13-5-7-14(8-6-13)16(17-4-2)15-9-11-18-12-10-15/h5-8,15-17H,3-4,9-12H2,1-2H3. The molecule has 0 aliphatic carbocycles. The topological polar surface area (TPSA) is 21.3 Å². The molecule has 2 heteroatoms. The van der Waals surface area contributed by atoms with E-state index in [1.807, 2.05) is 0 Å². The molecule has 1 N–H and O–H groups in total. The Labute approximate surface area is 111 Å². The second-order valence-electron chi connectivity index (χ2n) is 5.08. The molecule has 18 heavy (non-hydrogen) atoms. The Morgan fingerprint density at radius 2 is 1.83 bits per heavy atom. The van der Waals surface area contributed by atoms with E-state index in [1.54, 1.807) is 0 Å². The number of nitrogens with one attached hydrogen (secondary N) is 1. The molecule has 100 valence electrons. The van der Waals surface area contributed by atoms with Crippen LogP contribution in [0.4, 0.5) is 0 Å². The first-order valence-corrected chi connectivity index (χ1v) is 7.25. The smallest absolute Gasteiger partial charge is 0.0469 e. The fourth-order valence-corrected chi connectivity index (χ4v) is 2.79. The highest BCUT2D eigenvalue weighted by Gasteiger charge is 2.24. The van der Waals surface area contributed by atoms with E-state index >= 15 is 0 Å². The Morgan fingerprint density at radius 1 is 1.17 bits per heavy atom. The van der Waals surface area contributed by atoms with Crippen molar-refractivity contribution in [1.29, 1.82) is 0 Å². The van der Waals surface area contributed by atoms with Gasteiger partial charge in [-0.3, -0.25) is 0 Å². The summed E-state index contributed by atoms with van der Waals surface area (Å²) in [5.41, 5.74) is 2.85. The molecule has 1 atom stereocenters. The first kappa shape index (κ1) is 13.6.